The Kier molecular flexibility index (Phi) is 7.27. The molecule has 1 fully saturated rings. The number of hydrogen-bond acceptors (Lipinski definition) is 9. The zero-order chi connectivity index (χ0) is 25.0. The minimum Gasteiger partial charge on any atom is -0.497 e. The number of ether oxygens (including phenoxy) is 2. The fraction of sp³-hybridized carbons (Fsp3) is 0.333. The molecule has 0 radical (unpaired) electrons. The van der Waals surface area contributed by atoms with Gasteiger partial charge in [-0.2, -0.15) is 9.29 Å². The van der Waals surface area contributed by atoms with E-state index in [0.717, 1.165) is 4.31 Å². The number of hydrogen-bond donors (Lipinski definition) is 0. The van der Waals surface area contributed by atoms with Gasteiger partial charge in [0.2, 0.25) is 15.8 Å². The average molecular weight is 500 g/mol. The van der Waals surface area contributed by atoms with Crippen molar-refractivity contribution < 1.29 is 32.0 Å². The predicted octanol–water partition coefficient (Wildman–Crippen LogP) is 3.23. The second kappa shape index (κ2) is 10.4. The molecule has 0 saturated carbocycles. The largest absolute Gasteiger partial charge is 0.497 e. The summed E-state index contributed by atoms with van der Waals surface area (Å²) >= 11 is 0. The predicted molar refractivity (Wildman–Crippen MR) is 124 cm³/mol. The summed E-state index contributed by atoms with van der Waals surface area (Å²) in [6.07, 6.45) is 1.65. The fourth-order valence-electron chi connectivity index (χ4n) is 3.85. The van der Waals surface area contributed by atoms with E-state index in [1.807, 2.05) is 0 Å². The summed E-state index contributed by atoms with van der Waals surface area (Å²) in [5.41, 5.74) is 1.08. The Balaban J connectivity index is 1.45. The number of ketones is 1. The summed E-state index contributed by atoms with van der Waals surface area (Å²) in [5, 5.41) is 3.90. The Morgan fingerprint density at radius 3 is 2.63 bits per heavy atom. The molecule has 1 saturated heterocycles. The van der Waals surface area contributed by atoms with E-state index in [9.17, 15) is 18.0 Å². The van der Waals surface area contributed by atoms with E-state index in [2.05, 4.69) is 10.1 Å². The Morgan fingerprint density at radius 2 is 1.91 bits per heavy atom. The zero-order valence-corrected chi connectivity index (χ0v) is 20.2. The summed E-state index contributed by atoms with van der Waals surface area (Å²) in [7, 11) is -2.41. The molecule has 2 aromatic carbocycles. The van der Waals surface area contributed by atoms with Crippen LogP contribution in [0.5, 0.6) is 5.75 Å². The first kappa shape index (κ1) is 24.6. The van der Waals surface area contributed by atoms with Crippen LogP contribution in [0.2, 0.25) is 0 Å². The van der Waals surface area contributed by atoms with E-state index >= 15 is 0 Å². The number of methoxy groups -OCH3 is 1. The van der Waals surface area contributed by atoms with Crippen molar-refractivity contribution in [3.63, 3.8) is 0 Å². The maximum absolute atomic E-state index is 13.3. The summed E-state index contributed by atoms with van der Waals surface area (Å²) in [6.45, 7) is 1.31. The van der Waals surface area contributed by atoms with Gasteiger partial charge in [-0.05, 0) is 50.5 Å². The average Bonchev–Trinajstić information content (AvgIpc) is 3.36. The van der Waals surface area contributed by atoms with Crippen molar-refractivity contribution in [2.75, 3.05) is 13.7 Å². The molecule has 1 aliphatic rings. The molecule has 3 aromatic rings. The normalized spacial score (nSPS) is 16.6. The molecule has 184 valence electrons. The van der Waals surface area contributed by atoms with Crippen molar-refractivity contribution in [2.45, 2.75) is 43.7 Å². The number of nitrogens with zero attached hydrogens (tertiary/aromatic N) is 3. The number of sulfonamides is 1. The molecule has 0 amide bonds. The smallest absolute Gasteiger partial charge is 0.324 e. The summed E-state index contributed by atoms with van der Waals surface area (Å²) in [6, 6.07) is 11.8. The van der Waals surface area contributed by atoms with Gasteiger partial charge in [-0.25, -0.2) is 8.42 Å². The van der Waals surface area contributed by atoms with Gasteiger partial charge < -0.3 is 14.0 Å². The molecule has 2 heterocycles. The second-order valence-electron chi connectivity index (χ2n) is 8.06. The highest BCUT2D eigenvalue weighted by Crippen LogP contribution is 2.27. The number of carbonyl (C=O) groups is 2. The molecule has 4 rings (SSSR count). The number of rotatable bonds is 8. The molecule has 1 atom stereocenters. The maximum Gasteiger partial charge on any atom is 0.324 e. The number of Topliss-reactive ketones (excluding diaryl/α,β-unsaturated/α-hetero) is 1. The van der Waals surface area contributed by atoms with E-state index in [1.54, 1.807) is 31.4 Å². The van der Waals surface area contributed by atoms with Gasteiger partial charge in [-0.1, -0.05) is 29.4 Å². The fourth-order valence-corrected chi connectivity index (χ4v) is 5.49. The lowest BCUT2D eigenvalue weighted by Crippen LogP contribution is -2.48. The van der Waals surface area contributed by atoms with E-state index < -0.39 is 22.0 Å². The molecule has 0 aliphatic carbocycles. The molecule has 1 aromatic heterocycles. The summed E-state index contributed by atoms with van der Waals surface area (Å²) in [5.74, 6) is 0.181. The van der Waals surface area contributed by atoms with E-state index in [-0.39, 0.29) is 29.7 Å². The molecule has 35 heavy (non-hydrogen) atoms. The lowest BCUT2D eigenvalue weighted by Gasteiger charge is -2.32. The van der Waals surface area contributed by atoms with Crippen LogP contribution in [-0.2, 0) is 26.2 Å². The number of esters is 1. The van der Waals surface area contributed by atoms with Crippen molar-refractivity contribution in [3.05, 3.63) is 60.0 Å². The van der Waals surface area contributed by atoms with Crippen LogP contribution >= 0.6 is 0 Å². The van der Waals surface area contributed by atoms with Gasteiger partial charge in [0.25, 0.3) is 5.89 Å². The van der Waals surface area contributed by atoms with Crippen LogP contribution in [0.15, 0.2) is 57.9 Å². The highest BCUT2D eigenvalue weighted by molar-refractivity contribution is 7.89. The highest BCUT2D eigenvalue weighted by atomic mass is 32.2. The van der Waals surface area contributed by atoms with Crippen LogP contribution in [0.25, 0.3) is 11.4 Å². The van der Waals surface area contributed by atoms with Crippen molar-refractivity contribution in [1.29, 1.82) is 0 Å². The van der Waals surface area contributed by atoms with Crippen LogP contribution < -0.4 is 4.74 Å². The van der Waals surface area contributed by atoms with Crippen LogP contribution in [-0.4, -0.2) is 54.3 Å². The molecular weight excluding hydrogens is 474 g/mol. The highest BCUT2D eigenvalue weighted by Gasteiger charge is 2.38. The molecular formula is C24H25N3O7S. The monoisotopic (exact) mass is 499 g/mol. The van der Waals surface area contributed by atoms with Crippen LogP contribution in [0.4, 0.5) is 0 Å². The van der Waals surface area contributed by atoms with Gasteiger partial charge in [0.05, 0.1) is 12.0 Å². The SMILES string of the molecule is COc1cccc(-c2noc(COC(=O)C3CCCCN3S(=O)(=O)c3ccc(C(C)=O)cc3)n2)c1. The van der Waals surface area contributed by atoms with Crippen LogP contribution in [0.1, 0.15) is 42.4 Å². The van der Waals surface area contributed by atoms with Crippen molar-refractivity contribution in [3.8, 4) is 17.1 Å². The van der Waals surface area contributed by atoms with Crippen molar-refractivity contribution in [1.82, 2.24) is 14.4 Å². The van der Waals surface area contributed by atoms with Crippen molar-refractivity contribution >= 4 is 21.8 Å². The molecule has 0 N–H and O–H groups in total. The Bertz CT molecular complexity index is 1320. The van der Waals surface area contributed by atoms with Gasteiger partial charge in [0, 0.05) is 17.7 Å². The molecule has 0 bridgehead atoms. The number of aromatic nitrogens is 2. The third-order valence-electron chi connectivity index (χ3n) is 5.73. The number of benzene rings is 2. The van der Waals surface area contributed by atoms with Gasteiger partial charge >= 0.3 is 5.97 Å². The maximum atomic E-state index is 13.3. The molecule has 10 nitrogen and oxygen atoms in total. The van der Waals surface area contributed by atoms with E-state index in [4.69, 9.17) is 14.0 Å². The molecule has 1 unspecified atom stereocenters. The minimum atomic E-state index is -3.96. The van der Waals surface area contributed by atoms with Crippen molar-refractivity contribution in [2.24, 2.45) is 0 Å². The topological polar surface area (TPSA) is 129 Å². The third kappa shape index (κ3) is 5.41. The van der Waals surface area contributed by atoms with Gasteiger partial charge in [-0.15, -0.1) is 0 Å². The Hall–Kier alpha value is -3.57. The lowest BCUT2D eigenvalue weighted by molar-refractivity contribution is -0.151. The quantitative estimate of drug-likeness (QED) is 0.339. The summed E-state index contributed by atoms with van der Waals surface area (Å²) < 4.78 is 43.4. The minimum absolute atomic E-state index is 0.0158. The van der Waals surface area contributed by atoms with Crippen LogP contribution in [0, 0.1) is 0 Å². The first-order chi connectivity index (χ1) is 16.8. The number of piperidine rings is 1. The van der Waals surface area contributed by atoms with Gasteiger partial charge in [0.15, 0.2) is 12.4 Å². The van der Waals surface area contributed by atoms with Gasteiger partial charge in [-0.3, -0.25) is 9.59 Å². The Morgan fingerprint density at radius 1 is 1.14 bits per heavy atom. The third-order valence-corrected chi connectivity index (χ3v) is 7.65. The molecule has 1 aliphatic heterocycles. The number of carbonyl (C=O) groups excluding carboxylic acids is 2. The Labute approximate surface area is 202 Å². The lowest BCUT2D eigenvalue weighted by atomic mass is 10.1. The second-order valence-corrected chi connectivity index (χ2v) is 9.95. The summed E-state index contributed by atoms with van der Waals surface area (Å²) in [4.78, 5) is 28.6. The standard InChI is InChI=1S/C24H25N3O7S/c1-16(28)17-9-11-20(12-10-17)35(30,31)27-13-4-3-8-21(27)24(29)33-15-22-25-23(26-34-22)18-6-5-7-19(14-18)32-2/h5-7,9-12,14,21H,3-4,8,13,15H2,1-2H3. The zero-order valence-electron chi connectivity index (χ0n) is 19.3. The molecule has 11 heteroatoms. The van der Waals surface area contributed by atoms with E-state index in [1.165, 1.54) is 31.2 Å². The van der Waals surface area contributed by atoms with Gasteiger partial charge in [0.1, 0.15) is 11.8 Å². The molecule has 0 spiro atoms. The first-order valence-electron chi connectivity index (χ1n) is 11.1. The van der Waals surface area contributed by atoms with E-state index in [0.29, 0.717) is 42.0 Å². The van der Waals surface area contributed by atoms with Crippen LogP contribution in [0.3, 0.4) is 0 Å². The first-order valence-corrected chi connectivity index (χ1v) is 12.5.